The summed E-state index contributed by atoms with van der Waals surface area (Å²) in [6.07, 6.45) is 2.44. The molecule has 2 aromatic rings. The van der Waals surface area contributed by atoms with E-state index in [1.165, 1.54) is 0 Å². The van der Waals surface area contributed by atoms with Gasteiger partial charge in [0.2, 0.25) is 5.91 Å². The fourth-order valence-electron chi connectivity index (χ4n) is 2.95. The van der Waals surface area contributed by atoms with Crippen LogP contribution in [0.2, 0.25) is 0 Å². The summed E-state index contributed by atoms with van der Waals surface area (Å²) in [6.45, 7) is 1.90. The summed E-state index contributed by atoms with van der Waals surface area (Å²) in [5.41, 5.74) is 8.79. The second-order valence-electron chi connectivity index (χ2n) is 5.61. The van der Waals surface area contributed by atoms with Gasteiger partial charge in [-0.15, -0.1) is 11.8 Å². The number of aryl methyl sites for hydroxylation is 1. The van der Waals surface area contributed by atoms with E-state index in [-0.39, 0.29) is 5.91 Å². The van der Waals surface area contributed by atoms with Crippen molar-refractivity contribution in [2.45, 2.75) is 24.3 Å². The molecule has 4 nitrogen and oxygen atoms in total. The normalized spacial score (nSPS) is 16.3. The third-order valence-electron chi connectivity index (χ3n) is 4.20. The molecule has 1 atom stereocenters. The highest BCUT2D eigenvalue weighted by molar-refractivity contribution is 7.98. The summed E-state index contributed by atoms with van der Waals surface area (Å²) in [7, 11) is 0. The number of thioether (sulfide) groups is 1. The van der Waals surface area contributed by atoms with Crippen LogP contribution in [0.15, 0.2) is 47.4 Å². The van der Waals surface area contributed by atoms with Crippen LogP contribution >= 0.6 is 11.8 Å². The zero-order valence-corrected chi connectivity index (χ0v) is 13.9. The first-order chi connectivity index (χ1) is 11.0. The number of hydrogen-bond acceptors (Lipinski definition) is 3. The molecule has 0 fully saturated rings. The molecule has 2 amide bonds. The molecule has 5 heteroatoms. The highest BCUT2D eigenvalue weighted by atomic mass is 32.2. The number of carbonyl (C=O) groups is 2. The molecular formula is C18H18N2O2S. The average molecular weight is 326 g/mol. The number of benzene rings is 2. The number of anilines is 1. The van der Waals surface area contributed by atoms with E-state index in [9.17, 15) is 9.59 Å². The number of rotatable bonds is 3. The van der Waals surface area contributed by atoms with E-state index >= 15 is 0 Å². The Morgan fingerprint density at radius 1 is 1.22 bits per heavy atom. The molecule has 0 spiro atoms. The van der Waals surface area contributed by atoms with Gasteiger partial charge in [0.15, 0.2) is 0 Å². The van der Waals surface area contributed by atoms with Crippen LogP contribution in [0, 0.1) is 6.92 Å². The number of carbonyl (C=O) groups excluding carboxylic acids is 2. The van der Waals surface area contributed by atoms with Gasteiger partial charge in [-0.3, -0.25) is 14.5 Å². The fraction of sp³-hybridized carbons (Fsp3) is 0.222. The minimum Gasteiger partial charge on any atom is -0.368 e. The lowest BCUT2D eigenvalue weighted by Gasteiger charge is -2.24. The lowest BCUT2D eigenvalue weighted by Crippen LogP contribution is -2.46. The maximum absolute atomic E-state index is 13.1. The van der Waals surface area contributed by atoms with Gasteiger partial charge in [0.25, 0.3) is 5.91 Å². The van der Waals surface area contributed by atoms with Crippen LogP contribution in [0.25, 0.3) is 0 Å². The van der Waals surface area contributed by atoms with Crippen molar-refractivity contribution in [1.82, 2.24) is 0 Å². The van der Waals surface area contributed by atoms with Gasteiger partial charge < -0.3 is 5.73 Å². The van der Waals surface area contributed by atoms with Crippen LogP contribution in [-0.2, 0) is 11.2 Å². The van der Waals surface area contributed by atoms with Crippen molar-refractivity contribution in [3.05, 3.63) is 59.2 Å². The summed E-state index contributed by atoms with van der Waals surface area (Å²) >= 11 is 1.58. The largest absolute Gasteiger partial charge is 0.368 e. The summed E-state index contributed by atoms with van der Waals surface area (Å²) in [5, 5.41) is 0. The zero-order valence-electron chi connectivity index (χ0n) is 13.1. The molecule has 0 unspecified atom stereocenters. The molecule has 0 saturated heterocycles. The molecule has 0 bridgehead atoms. The summed E-state index contributed by atoms with van der Waals surface area (Å²) < 4.78 is 0. The van der Waals surface area contributed by atoms with Gasteiger partial charge in [-0.25, -0.2) is 0 Å². The molecule has 0 aromatic heterocycles. The fourth-order valence-corrected chi connectivity index (χ4v) is 3.39. The van der Waals surface area contributed by atoms with Crippen molar-refractivity contribution in [1.29, 1.82) is 0 Å². The molecule has 2 N–H and O–H groups in total. The Kier molecular flexibility index (Phi) is 4.13. The number of nitrogens with zero attached hydrogens (tertiary/aromatic N) is 1. The summed E-state index contributed by atoms with van der Waals surface area (Å²) in [4.78, 5) is 27.5. The van der Waals surface area contributed by atoms with Crippen LogP contribution in [-0.4, -0.2) is 24.1 Å². The number of para-hydroxylation sites is 1. The van der Waals surface area contributed by atoms with Gasteiger partial charge in [0.05, 0.1) is 0 Å². The zero-order chi connectivity index (χ0) is 16.6. The van der Waals surface area contributed by atoms with Crippen LogP contribution in [0.1, 0.15) is 21.5 Å². The number of nitrogens with two attached hydrogens (primary N) is 1. The molecule has 118 valence electrons. The van der Waals surface area contributed by atoms with E-state index in [2.05, 4.69) is 0 Å². The van der Waals surface area contributed by atoms with Gasteiger partial charge in [-0.05, 0) is 42.5 Å². The Balaban J connectivity index is 2.08. The Morgan fingerprint density at radius 3 is 2.65 bits per heavy atom. The van der Waals surface area contributed by atoms with Crippen molar-refractivity contribution in [2.24, 2.45) is 5.73 Å². The smallest absolute Gasteiger partial charge is 0.259 e. The lowest BCUT2D eigenvalue weighted by atomic mass is 10.1. The van der Waals surface area contributed by atoms with Crippen LogP contribution < -0.4 is 10.6 Å². The maximum atomic E-state index is 13.1. The number of primary amides is 1. The van der Waals surface area contributed by atoms with E-state index in [1.54, 1.807) is 16.7 Å². The van der Waals surface area contributed by atoms with Crippen molar-refractivity contribution in [3.8, 4) is 0 Å². The van der Waals surface area contributed by atoms with Crippen LogP contribution in [0.3, 0.4) is 0 Å². The van der Waals surface area contributed by atoms with Crippen molar-refractivity contribution in [3.63, 3.8) is 0 Å². The molecule has 23 heavy (non-hydrogen) atoms. The maximum Gasteiger partial charge on any atom is 0.259 e. The quantitative estimate of drug-likeness (QED) is 0.882. The average Bonchev–Trinajstić information content (AvgIpc) is 2.94. The summed E-state index contributed by atoms with van der Waals surface area (Å²) in [6, 6.07) is 12.7. The molecule has 2 aromatic carbocycles. The molecule has 1 aliphatic heterocycles. The van der Waals surface area contributed by atoms with Gasteiger partial charge in [0, 0.05) is 22.6 Å². The van der Waals surface area contributed by atoms with Gasteiger partial charge in [0.1, 0.15) is 6.04 Å². The van der Waals surface area contributed by atoms with E-state index in [0.29, 0.717) is 12.0 Å². The molecule has 0 aliphatic carbocycles. The third-order valence-corrected chi connectivity index (χ3v) is 4.92. The Labute approximate surface area is 139 Å². The first-order valence-electron chi connectivity index (χ1n) is 7.38. The Morgan fingerprint density at radius 2 is 1.96 bits per heavy atom. The summed E-state index contributed by atoms with van der Waals surface area (Å²) in [5.74, 6) is -0.652. The number of fused-ring (bicyclic) bond motifs is 1. The van der Waals surface area contributed by atoms with Crippen LogP contribution in [0.4, 0.5) is 5.69 Å². The lowest BCUT2D eigenvalue weighted by molar-refractivity contribution is -0.119. The Bertz CT molecular complexity index is 788. The van der Waals surface area contributed by atoms with E-state index in [4.69, 9.17) is 5.73 Å². The predicted molar refractivity (Wildman–Crippen MR) is 92.9 cm³/mol. The molecule has 1 aliphatic rings. The predicted octanol–water partition coefficient (Wildman–Crippen LogP) is 2.77. The van der Waals surface area contributed by atoms with Gasteiger partial charge >= 0.3 is 0 Å². The topological polar surface area (TPSA) is 63.4 Å². The first-order valence-corrected chi connectivity index (χ1v) is 8.61. The number of hydrogen-bond donors (Lipinski definition) is 1. The monoisotopic (exact) mass is 326 g/mol. The first kappa shape index (κ1) is 15.6. The van der Waals surface area contributed by atoms with Crippen LogP contribution in [0.5, 0.6) is 0 Å². The van der Waals surface area contributed by atoms with Gasteiger partial charge in [-0.1, -0.05) is 24.3 Å². The number of amides is 2. The molecule has 3 rings (SSSR count). The molecule has 1 heterocycles. The molecular weight excluding hydrogens is 308 g/mol. The van der Waals surface area contributed by atoms with E-state index < -0.39 is 11.9 Å². The van der Waals surface area contributed by atoms with Crippen molar-refractivity contribution in [2.75, 3.05) is 11.2 Å². The van der Waals surface area contributed by atoms with Gasteiger partial charge in [-0.2, -0.15) is 0 Å². The van der Waals surface area contributed by atoms with Crippen molar-refractivity contribution >= 4 is 29.3 Å². The van der Waals surface area contributed by atoms with E-state index in [1.807, 2.05) is 55.6 Å². The minimum atomic E-state index is -0.628. The third kappa shape index (κ3) is 2.72. The highest BCUT2D eigenvalue weighted by Crippen LogP contribution is 2.34. The SMILES string of the molecule is CSc1ccc(C)c(C(=O)N2c3ccccc3C[C@H]2C(N)=O)c1. The standard InChI is InChI=1S/C18H18N2O2S/c1-11-7-8-13(23-2)10-14(11)18(22)20-15-6-4-3-5-12(15)9-16(20)17(19)21/h3-8,10,16H,9H2,1-2H3,(H2,19,21)/t16-/m0/s1. The molecule has 0 saturated carbocycles. The second-order valence-corrected chi connectivity index (χ2v) is 6.49. The highest BCUT2D eigenvalue weighted by Gasteiger charge is 2.37. The second kappa shape index (κ2) is 6.08. The van der Waals surface area contributed by atoms with E-state index in [0.717, 1.165) is 21.7 Å². The van der Waals surface area contributed by atoms with Crippen molar-refractivity contribution < 1.29 is 9.59 Å². The Hall–Kier alpha value is -2.27. The minimum absolute atomic E-state index is 0.174. The molecule has 0 radical (unpaired) electrons.